The van der Waals surface area contributed by atoms with E-state index in [1.165, 1.54) is 16.5 Å². The molecule has 4 amide bonds. The maximum atomic E-state index is 15.0. The molecule has 0 spiro atoms. The molecule has 0 radical (unpaired) electrons. The molecule has 9 rings (SSSR count). The number of fused-ring (bicyclic) bond motifs is 9. The Morgan fingerprint density at radius 2 is 1.79 bits per heavy atom. The van der Waals surface area contributed by atoms with Gasteiger partial charge < -0.3 is 29.4 Å². The van der Waals surface area contributed by atoms with E-state index in [4.69, 9.17) is 4.98 Å². The molecule has 4 atom stereocenters. The molecule has 1 unspecified atom stereocenters. The van der Waals surface area contributed by atoms with Crippen molar-refractivity contribution in [2.45, 2.75) is 116 Å². The van der Waals surface area contributed by atoms with Crippen molar-refractivity contribution in [3.05, 3.63) is 96.6 Å². The van der Waals surface area contributed by atoms with Crippen molar-refractivity contribution in [3.8, 4) is 28.1 Å². The zero-order valence-corrected chi connectivity index (χ0v) is 39.0. The highest BCUT2D eigenvalue weighted by Gasteiger charge is 2.42. The fraction of sp³-hybridized carbons (Fsp3) is 0.471. The molecule has 346 valence electrons. The third kappa shape index (κ3) is 8.37. The summed E-state index contributed by atoms with van der Waals surface area (Å²) in [7, 11) is 1.62. The monoisotopic (exact) mass is 894 g/mol. The average molecular weight is 895 g/mol. The number of aryl methyl sites for hydroxylation is 1. The van der Waals surface area contributed by atoms with Crippen LogP contribution in [0.4, 0.5) is 0 Å². The van der Waals surface area contributed by atoms with Crippen LogP contribution in [0, 0.1) is 11.8 Å². The molecule has 2 saturated heterocycles. The van der Waals surface area contributed by atoms with Gasteiger partial charge in [-0.3, -0.25) is 24.2 Å². The van der Waals surface area contributed by atoms with Crippen LogP contribution in [0.15, 0.2) is 74.0 Å². The van der Waals surface area contributed by atoms with Crippen LogP contribution >= 0.6 is 0 Å². The fourth-order valence-electron chi connectivity index (χ4n) is 10.9. The number of nitrogens with one attached hydrogen (secondary N) is 2. The Balaban J connectivity index is 1.15. The molecule has 1 aliphatic carbocycles. The predicted octanol–water partition coefficient (Wildman–Crippen LogP) is 6.27. The van der Waals surface area contributed by atoms with E-state index in [1.807, 2.05) is 38.5 Å². The summed E-state index contributed by atoms with van der Waals surface area (Å²) in [5, 5.41) is 17.2. The Bertz CT molecular complexity index is 2700. The summed E-state index contributed by atoms with van der Waals surface area (Å²) >= 11 is 0. The summed E-state index contributed by atoms with van der Waals surface area (Å²) in [5.41, 5.74) is 10.9. The van der Waals surface area contributed by atoms with Crippen LogP contribution in [0.3, 0.4) is 0 Å². The van der Waals surface area contributed by atoms with Crippen molar-refractivity contribution >= 4 is 34.5 Å². The number of amides is 4. The predicted molar refractivity (Wildman–Crippen MR) is 252 cm³/mol. The summed E-state index contributed by atoms with van der Waals surface area (Å²) in [5.74, 6) is -1.07. The van der Waals surface area contributed by atoms with Gasteiger partial charge in [-0.2, -0.15) is 0 Å². The van der Waals surface area contributed by atoms with E-state index in [-0.39, 0.29) is 53.8 Å². The number of likely N-dealkylation sites (N-methyl/N-ethyl adjacent to an activating group) is 1. The Labute approximate surface area is 386 Å². The third-order valence-electron chi connectivity index (χ3n) is 14.2. The Morgan fingerprint density at radius 1 is 1.02 bits per heavy atom. The lowest BCUT2D eigenvalue weighted by Crippen LogP contribution is -2.60. The van der Waals surface area contributed by atoms with Gasteiger partial charge in [0.25, 0.3) is 5.91 Å². The summed E-state index contributed by atoms with van der Waals surface area (Å²) in [6, 6.07) is 9.85. The van der Waals surface area contributed by atoms with Crippen molar-refractivity contribution in [1.82, 2.24) is 49.6 Å². The highest BCUT2D eigenvalue weighted by Crippen LogP contribution is 2.45. The number of hydrazine groups is 1. The van der Waals surface area contributed by atoms with Gasteiger partial charge in [-0.05, 0) is 104 Å². The summed E-state index contributed by atoms with van der Waals surface area (Å²) in [6.45, 7) is 15.9. The van der Waals surface area contributed by atoms with Crippen LogP contribution < -0.4 is 10.7 Å². The first-order valence-electron chi connectivity index (χ1n) is 23.5. The second-order valence-electron chi connectivity index (χ2n) is 19.7. The number of aromatic nitrogens is 5. The third-order valence-corrected chi connectivity index (χ3v) is 14.2. The van der Waals surface area contributed by atoms with Crippen LogP contribution in [-0.4, -0.2) is 106 Å². The van der Waals surface area contributed by atoms with Crippen LogP contribution in [-0.2, 0) is 44.0 Å². The lowest BCUT2D eigenvalue weighted by Gasteiger charge is -2.37. The number of hydrogen-bond donors (Lipinski definition) is 3. The molecule has 3 aliphatic heterocycles. The van der Waals surface area contributed by atoms with Crippen molar-refractivity contribution in [2.75, 3.05) is 26.7 Å². The van der Waals surface area contributed by atoms with Gasteiger partial charge in [0.1, 0.15) is 30.0 Å². The largest absolute Gasteiger partial charge is 0.508 e. The van der Waals surface area contributed by atoms with E-state index in [0.717, 1.165) is 77.0 Å². The number of rotatable bonds is 9. The van der Waals surface area contributed by atoms with Gasteiger partial charge >= 0.3 is 0 Å². The number of likely N-dealkylation sites (tertiary alicyclic amines) is 1. The molecule has 15 heteroatoms. The number of aromatic hydroxyl groups is 1. The maximum absolute atomic E-state index is 15.0. The van der Waals surface area contributed by atoms with Crippen molar-refractivity contribution in [3.63, 3.8) is 0 Å². The van der Waals surface area contributed by atoms with E-state index in [2.05, 4.69) is 75.4 Å². The van der Waals surface area contributed by atoms with Crippen LogP contribution in [0.1, 0.15) is 101 Å². The molecule has 6 heterocycles. The average Bonchev–Trinajstić information content (AvgIpc) is 3.70. The van der Waals surface area contributed by atoms with Crippen molar-refractivity contribution in [2.24, 2.45) is 11.8 Å². The number of phenolic OH excluding ortho intramolecular Hbond substituents is 1. The minimum absolute atomic E-state index is 0.0351. The highest BCUT2D eigenvalue weighted by molar-refractivity contribution is 5.96. The lowest BCUT2D eigenvalue weighted by atomic mass is 9.81. The first-order chi connectivity index (χ1) is 31.7. The SMILES string of the molecule is C=CC(=O)N1CCC(C(=O)N(C)[C@H](C(=O)N[C@H]2Cc3cc(O)cc(c3)-c3ccc4c(c3)c(c(-c3cncnc3)n4CC)CC(C)(C)c3cnc(n3C3CC3)[C@@H]3CCCN(N3)C2=O)C(C)C)C1. The quantitative estimate of drug-likeness (QED) is 0.144. The molecule has 3 fully saturated rings. The molecule has 5 aromatic rings. The Kier molecular flexibility index (Phi) is 12.1. The van der Waals surface area contributed by atoms with Gasteiger partial charge in [0.15, 0.2) is 0 Å². The van der Waals surface area contributed by atoms with Gasteiger partial charge in [-0.15, -0.1) is 0 Å². The zero-order chi connectivity index (χ0) is 46.6. The molecular formula is C51H62N10O5. The topological polar surface area (TPSA) is 171 Å². The minimum Gasteiger partial charge on any atom is -0.508 e. The minimum atomic E-state index is -1.06. The molecule has 3 aromatic heterocycles. The molecule has 4 aliphatic rings. The first kappa shape index (κ1) is 44.8. The number of carbonyl (C=O) groups is 4. The van der Waals surface area contributed by atoms with Gasteiger partial charge in [-0.1, -0.05) is 46.4 Å². The van der Waals surface area contributed by atoms with Crippen molar-refractivity contribution < 1.29 is 24.3 Å². The molecule has 66 heavy (non-hydrogen) atoms. The summed E-state index contributed by atoms with van der Waals surface area (Å²) < 4.78 is 4.76. The zero-order valence-electron chi connectivity index (χ0n) is 39.0. The number of carbonyl (C=O) groups excluding carboxylic acids is 4. The molecule has 15 nitrogen and oxygen atoms in total. The lowest BCUT2D eigenvalue weighted by molar-refractivity contribution is -0.146. The molecule has 1 saturated carbocycles. The molecule has 2 aromatic carbocycles. The van der Waals surface area contributed by atoms with Crippen LogP contribution in [0.25, 0.3) is 33.3 Å². The van der Waals surface area contributed by atoms with Crippen LogP contribution in [0.2, 0.25) is 0 Å². The highest BCUT2D eigenvalue weighted by atomic mass is 16.3. The first-order valence-corrected chi connectivity index (χ1v) is 23.5. The number of phenols is 1. The van der Waals surface area contributed by atoms with Gasteiger partial charge in [0.05, 0.1) is 17.7 Å². The normalized spacial score (nSPS) is 21.1. The van der Waals surface area contributed by atoms with E-state index < -0.39 is 23.9 Å². The van der Waals surface area contributed by atoms with E-state index in [9.17, 15) is 19.5 Å². The smallest absolute Gasteiger partial charge is 0.259 e. The fourth-order valence-corrected chi connectivity index (χ4v) is 10.9. The van der Waals surface area contributed by atoms with Gasteiger partial charge in [0, 0.05) is 91.9 Å². The summed E-state index contributed by atoms with van der Waals surface area (Å²) in [6.07, 6.45) is 13.4. The van der Waals surface area contributed by atoms with Crippen LogP contribution in [0.5, 0.6) is 5.75 Å². The Hall–Kier alpha value is -6.35. The van der Waals surface area contributed by atoms with Gasteiger partial charge in [-0.25, -0.2) is 20.4 Å². The molecule has 3 N–H and O–H groups in total. The van der Waals surface area contributed by atoms with E-state index in [1.54, 1.807) is 35.4 Å². The number of benzene rings is 2. The summed E-state index contributed by atoms with van der Waals surface area (Å²) in [4.78, 5) is 73.2. The maximum Gasteiger partial charge on any atom is 0.259 e. The molecular weight excluding hydrogens is 833 g/mol. The van der Waals surface area contributed by atoms with E-state index >= 15 is 4.79 Å². The number of nitrogens with zero attached hydrogens (tertiary/aromatic N) is 8. The van der Waals surface area contributed by atoms with Crippen molar-refractivity contribution in [1.29, 1.82) is 0 Å². The number of imidazole rings is 1. The second kappa shape index (κ2) is 17.8. The van der Waals surface area contributed by atoms with Gasteiger partial charge in [0.2, 0.25) is 17.7 Å². The Morgan fingerprint density at radius 3 is 2.50 bits per heavy atom. The number of hydrogen-bond acceptors (Lipinski definition) is 9. The van der Waals surface area contributed by atoms with E-state index in [0.29, 0.717) is 37.5 Å². The molecule has 8 bridgehead atoms. The standard InChI is InChI=1S/C51H62N10O5/c1-8-44(63)58-18-16-33(28-58)49(65)57(7)45(30(3)4)48(64)55-41-21-31-19-34(22-37(62)20-31)32-12-15-42-38(23-32)39(46(59(42)9-2)35-25-52-29-53-26-35)24-51(5,6)43-27-54-47(61(43)36-13-14-36)40-11-10-17-60(56-40)50(41)66/h8,12,15,19-20,22-23,25-27,29-30,33,36,40-41,45,56,62H,1,9-11,13-14,16-18,21,24,28H2,2-7H3,(H,55,64)/t33?,40-,41-,45-/m0/s1. The second-order valence-corrected chi connectivity index (χ2v) is 19.7.